The van der Waals surface area contributed by atoms with E-state index in [1.165, 1.54) is 0 Å². The molecule has 5 heteroatoms. The number of amides is 1. The van der Waals surface area contributed by atoms with E-state index in [0.29, 0.717) is 29.9 Å². The van der Waals surface area contributed by atoms with Gasteiger partial charge in [-0.15, -0.1) is 10.2 Å². The maximum absolute atomic E-state index is 13.3. The third kappa shape index (κ3) is 4.01. The average Bonchev–Trinajstić information content (AvgIpc) is 2.78. The summed E-state index contributed by atoms with van der Waals surface area (Å²) in [5.41, 5.74) is 4.72. The van der Waals surface area contributed by atoms with E-state index in [-0.39, 0.29) is 5.91 Å². The molecule has 4 rings (SSSR count). The van der Waals surface area contributed by atoms with E-state index >= 15 is 0 Å². The monoisotopic (exact) mass is 397 g/mol. The van der Waals surface area contributed by atoms with Crippen LogP contribution >= 0.6 is 0 Å². The molecule has 0 spiro atoms. The van der Waals surface area contributed by atoms with Gasteiger partial charge in [-0.1, -0.05) is 66.2 Å². The van der Waals surface area contributed by atoms with E-state index < -0.39 is 0 Å². The van der Waals surface area contributed by atoms with Crippen LogP contribution in [-0.4, -0.2) is 22.7 Å². The molecule has 1 heterocycles. The molecule has 4 aromatic rings. The van der Waals surface area contributed by atoms with Crippen molar-refractivity contribution in [3.05, 3.63) is 89.5 Å². The first-order valence-corrected chi connectivity index (χ1v) is 9.98. The Morgan fingerprint density at radius 1 is 0.933 bits per heavy atom. The van der Waals surface area contributed by atoms with Gasteiger partial charge in [0.15, 0.2) is 0 Å². The van der Waals surface area contributed by atoms with Gasteiger partial charge in [0.05, 0.1) is 17.7 Å². The van der Waals surface area contributed by atoms with Crippen LogP contribution < -0.4 is 10.1 Å². The molecule has 1 N–H and O–H groups in total. The van der Waals surface area contributed by atoms with Gasteiger partial charge in [-0.05, 0) is 26.0 Å². The Morgan fingerprint density at radius 2 is 1.67 bits per heavy atom. The van der Waals surface area contributed by atoms with Crippen LogP contribution in [-0.2, 0) is 6.54 Å². The smallest absolute Gasteiger partial charge is 0.254 e. The Morgan fingerprint density at radius 3 is 2.47 bits per heavy atom. The number of aryl methyl sites for hydroxylation is 1. The molecule has 0 saturated carbocycles. The fraction of sp³-hybridized carbons (Fsp3) is 0.160. The number of rotatable bonds is 6. The zero-order valence-corrected chi connectivity index (χ0v) is 17.1. The lowest BCUT2D eigenvalue weighted by Gasteiger charge is -2.14. The van der Waals surface area contributed by atoms with Crippen LogP contribution in [0.3, 0.4) is 0 Å². The summed E-state index contributed by atoms with van der Waals surface area (Å²) in [5, 5.41) is 12.5. The molecular formula is C25H23N3O2. The second kappa shape index (κ2) is 8.74. The van der Waals surface area contributed by atoms with Crippen molar-refractivity contribution in [2.75, 3.05) is 6.61 Å². The van der Waals surface area contributed by atoms with E-state index in [1.807, 2.05) is 86.6 Å². The Labute approximate surface area is 175 Å². The maximum Gasteiger partial charge on any atom is 0.254 e. The molecule has 0 radical (unpaired) electrons. The number of carbonyl (C=O) groups is 1. The zero-order chi connectivity index (χ0) is 20.9. The number of para-hydroxylation sites is 1. The van der Waals surface area contributed by atoms with Gasteiger partial charge in [0.1, 0.15) is 11.4 Å². The fourth-order valence-corrected chi connectivity index (χ4v) is 3.41. The van der Waals surface area contributed by atoms with Gasteiger partial charge in [0, 0.05) is 23.1 Å². The predicted molar refractivity (Wildman–Crippen MR) is 118 cm³/mol. The zero-order valence-electron chi connectivity index (χ0n) is 17.1. The van der Waals surface area contributed by atoms with Crippen LogP contribution in [0, 0.1) is 6.92 Å². The number of hydrogen-bond acceptors (Lipinski definition) is 4. The SMILES string of the molecule is CCOc1ccccc1CNC(=O)c1c(-c2ccc(C)cc2)nnc2ccccc12. The molecule has 150 valence electrons. The summed E-state index contributed by atoms with van der Waals surface area (Å²) in [4.78, 5) is 13.3. The average molecular weight is 397 g/mol. The van der Waals surface area contributed by atoms with Crippen molar-refractivity contribution in [2.24, 2.45) is 0 Å². The van der Waals surface area contributed by atoms with E-state index in [9.17, 15) is 4.79 Å². The summed E-state index contributed by atoms with van der Waals surface area (Å²) >= 11 is 0. The van der Waals surface area contributed by atoms with Gasteiger partial charge in [-0.25, -0.2) is 0 Å². The van der Waals surface area contributed by atoms with Crippen LogP contribution in [0.5, 0.6) is 5.75 Å². The first-order valence-electron chi connectivity index (χ1n) is 9.98. The number of carbonyl (C=O) groups excluding carboxylic acids is 1. The van der Waals surface area contributed by atoms with Gasteiger partial charge < -0.3 is 10.1 Å². The minimum Gasteiger partial charge on any atom is -0.494 e. The number of nitrogens with one attached hydrogen (secondary N) is 1. The number of aromatic nitrogens is 2. The summed E-state index contributed by atoms with van der Waals surface area (Å²) in [6.07, 6.45) is 0. The van der Waals surface area contributed by atoms with Gasteiger partial charge in [-0.2, -0.15) is 0 Å². The summed E-state index contributed by atoms with van der Waals surface area (Å²) in [5.74, 6) is 0.583. The van der Waals surface area contributed by atoms with Crippen LogP contribution in [0.1, 0.15) is 28.4 Å². The molecule has 0 saturated heterocycles. The summed E-state index contributed by atoms with van der Waals surface area (Å²) in [6, 6.07) is 23.2. The quantitative estimate of drug-likeness (QED) is 0.501. The first-order chi connectivity index (χ1) is 14.7. The molecule has 0 aliphatic rings. The topological polar surface area (TPSA) is 64.1 Å². The number of benzene rings is 3. The lowest BCUT2D eigenvalue weighted by atomic mass is 10.0. The molecule has 30 heavy (non-hydrogen) atoms. The largest absolute Gasteiger partial charge is 0.494 e. The van der Waals surface area contributed by atoms with Gasteiger partial charge in [-0.3, -0.25) is 4.79 Å². The molecule has 1 aromatic heterocycles. The number of fused-ring (bicyclic) bond motifs is 1. The van der Waals surface area contributed by atoms with Gasteiger partial charge >= 0.3 is 0 Å². The Kier molecular flexibility index (Phi) is 5.70. The van der Waals surface area contributed by atoms with Crippen LogP contribution in [0.25, 0.3) is 22.2 Å². The molecule has 1 amide bonds. The van der Waals surface area contributed by atoms with Crippen molar-refractivity contribution in [3.63, 3.8) is 0 Å². The number of ether oxygens (including phenoxy) is 1. The second-order valence-corrected chi connectivity index (χ2v) is 7.03. The van der Waals surface area contributed by atoms with E-state index in [2.05, 4.69) is 15.5 Å². The maximum atomic E-state index is 13.3. The molecule has 0 aliphatic heterocycles. The van der Waals surface area contributed by atoms with Crippen LogP contribution in [0.2, 0.25) is 0 Å². The standard InChI is InChI=1S/C25H23N3O2/c1-3-30-22-11-7-4-8-19(22)16-26-25(29)23-20-9-5-6-10-21(20)27-28-24(23)18-14-12-17(2)13-15-18/h4-15H,3,16H2,1-2H3,(H,26,29). The molecule has 0 atom stereocenters. The molecular weight excluding hydrogens is 374 g/mol. The Bertz CT molecular complexity index is 1190. The Hall–Kier alpha value is -3.73. The molecule has 0 bridgehead atoms. The van der Waals surface area contributed by atoms with Crippen LogP contribution in [0.4, 0.5) is 0 Å². The summed E-state index contributed by atoms with van der Waals surface area (Å²) in [6.45, 7) is 4.90. The molecule has 0 aliphatic carbocycles. The highest BCUT2D eigenvalue weighted by Crippen LogP contribution is 2.27. The summed E-state index contributed by atoms with van der Waals surface area (Å²) < 4.78 is 5.68. The molecule has 5 nitrogen and oxygen atoms in total. The Balaban J connectivity index is 1.72. The third-order valence-electron chi connectivity index (χ3n) is 4.93. The van der Waals surface area contributed by atoms with Crippen LogP contribution in [0.15, 0.2) is 72.8 Å². The normalized spacial score (nSPS) is 10.7. The van der Waals surface area contributed by atoms with Crippen molar-refractivity contribution < 1.29 is 9.53 Å². The van der Waals surface area contributed by atoms with Crippen molar-refractivity contribution >= 4 is 16.8 Å². The van der Waals surface area contributed by atoms with Gasteiger partial charge in [0.25, 0.3) is 5.91 Å². The lowest BCUT2D eigenvalue weighted by Crippen LogP contribution is -2.24. The highest BCUT2D eigenvalue weighted by Gasteiger charge is 2.19. The molecule has 0 fully saturated rings. The van der Waals surface area contributed by atoms with E-state index in [1.54, 1.807) is 0 Å². The number of nitrogens with zero attached hydrogens (tertiary/aromatic N) is 2. The minimum atomic E-state index is -0.192. The lowest BCUT2D eigenvalue weighted by molar-refractivity contribution is 0.0952. The van der Waals surface area contributed by atoms with Crippen molar-refractivity contribution in [2.45, 2.75) is 20.4 Å². The molecule has 3 aromatic carbocycles. The van der Waals surface area contributed by atoms with Crippen molar-refractivity contribution in [3.8, 4) is 17.0 Å². The van der Waals surface area contributed by atoms with Gasteiger partial charge in [0.2, 0.25) is 0 Å². The first kappa shape index (κ1) is 19.6. The van der Waals surface area contributed by atoms with E-state index in [4.69, 9.17) is 4.74 Å². The highest BCUT2D eigenvalue weighted by atomic mass is 16.5. The third-order valence-corrected chi connectivity index (χ3v) is 4.93. The fourth-order valence-electron chi connectivity index (χ4n) is 3.41. The predicted octanol–water partition coefficient (Wildman–Crippen LogP) is 4.93. The summed E-state index contributed by atoms with van der Waals surface area (Å²) in [7, 11) is 0. The molecule has 0 unspecified atom stereocenters. The minimum absolute atomic E-state index is 0.192. The second-order valence-electron chi connectivity index (χ2n) is 7.03. The van der Waals surface area contributed by atoms with E-state index in [0.717, 1.165) is 27.8 Å². The van der Waals surface area contributed by atoms with Crippen molar-refractivity contribution in [1.82, 2.24) is 15.5 Å². The number of hydrogen-bond donors (Lipinski definition) is 1. The highest BCUT2D eigenvalue weighted by molar-refractivity contribution is 6.10. The van der Waals surface area contributed by atoms with Crippen molar-refractivity contribution in [1.29, 1.82) is 0 Å².